The lowest BCUT2D eigenvalue weighted by Gasteiger charge is -2.08. The molecule has 0 heterocycles. The maximum Gasteiger partial charge on any atom is 0.247 e. The van der Waals surface area contributed by atoms with Crippen LogP contribution in [0, 0.1) is 5.82 Å². The van der Waals surface area contributed by atoms with Gasteiger partial charge in [0.15, 0.2) is 0 Å². The Balaban J connectivity index is 1.96. The van der Waals surface area contributed by atoms with Crippen molar-refractivity contribution >= 4 is 11.6 Å². The van der Waals surface area contributed by atoms with Crippen LogP contribution in [0.3, 0.4) is 0 Å². The van der Waals surface area contributed by atoms with Crippen molar-refractivity contribution < 1.29 is 13.9 Å². The first-order valence-corrected chi connectivity index (χ1v) is 6.09. The van der Waals surface area contributed by atoms with Crippen LogP contribution in [0.15, 0.2) is 61.2 Å². The van der Waals surface area contributed by atoms with Crippen LogP contribution in [-0.4, -0.2) is 5.91 Å². The normalized spacial score (nSPS) is 9.85. The predicted molar refractivity (Wildman–Crippen MR) is 76.0 cm³/mol. The highest BCUT2D eigenvalue weighted by atomic mass is 19.1. The van der Waals surface area contributed by atoms with E-state index in [-0.39, 0.29) is 18.3 Å². The Kier molecular flexibility index (Phi) is 4.50. The van der Waals surface area contributed by atoms with E-state index in [1.165, 1.54) is 12.1 Å². The van der Waals surface area contributed by atoms with Gasteiger partial charge in [-0.1, -0.05) is 24.8 Å². The summed E-state index contributed by atoms with van der Waals surface area (Å²) in [6, 6.07) is 13.3. The van der Waals surface area contributed by atoms with E-state index < -0.39 is 0 Å². The van der Waals surface area contributed by atoms with Gasteiger partial charge in [-0.2, -0.15) is 0 Å². The van der Waals surface area contributed by atoms with Gasteiger partial charge in [0.25, 0.3) is 0 Å². The Morgan fingerprint density at radius 1 is 1.20 bits per heavy atom. The second-order valence-electron chi connectivity index (χ2n) is 4.10. The molecule has 0 aliphatic heterocycles. The van der Waals surface area contributed by atoms with Gasteiger partial charge in [0.05, 0.1) is 0 Å². The van der Waals surface area contributed by atoms with Gasteiger partial charge >= 0.3 is 0 Å². The van der Waals surface area contributed by atoms with E-state index in [4.69, 9.17) is 4.74 Å². The van der Waals surface area contributed by atoms with Crippen LogP contribution in [-0.2, 0) is 11.4 Å². The van der Waals surface area contributed by atoms with Crippen LogP contribution >= 0.6 is 0 Å². The van der Waals surface area contributed by atoms with E-state index in [9.17, 15) is 9.18 Å². The molecule has 4 heteroatoms. The molecule has 0 saturated carbocycles. The molecule has 0 spiro atoms. The van der Waals surface area contributed by atoms with E-state index in [0.717, 1.165) is 0 Å². The van der Waals surface area contributed by atoms with Gasteiger partial charge in [0.2, 0.25) is 5.91 Å². The smallest absolute Gasteiger partial charge is 0.247 e. The molecule has 0 bridgehead atoms. The van der Waals surface area contributed by atoms with E-state index >= 15 is 0 Å². The van der Waals surface area contributed by atoms with Crippen LogP contribution in [0.4, 0.5) is 10.1 Å². The SMILES string of the molecule is C=CC(=O)Nc1ccc(OCc2ccccc2F)cc1. The monoisotopic (exact) mass is 271 g/mol. The van der Waals surface area contributed by atoms with E-state index in [0.29, 0.717) is 17.0 Å². The fourth-order valence-electron chi connectivity index (χ4n) is 1.60. The molecule has 0 aliphatic rings. The molecule has 2 aromatic rings. The Bertz CT molecular complexity index is 608. The highest BCUT2D eigenvalue weighted by Gasteiger charge is 2.02. The largest absolute Gasteiger partial charge is 0.489 e. The number of rotatable bonds is 5. The molecule has 1 amide bonds. The number of anilines is 1. The summed E-state index contributed by atoms with van der Waals surface area (Å²) in [6.45, 7) is 3.53. The quantitative estimate of drug-likeness (QED) is 0.845. The molecule has 1 N–H and O–H groups in total. The first kappa shape index (κ1) is 13.8. The van der Waals surface area contributed by atoms with Gasteiger partial charge in [-0.25, -0.2) is 4.39 Å². The van der Waals surface area contributed by atoms with Crippen molar-refractivity contribution in [2.45, 2.75) is 6.61 Å². The van der Waals surface area contributed by atoms with Gasteiger partial charge in [0, 0.05) is 11.3 Å². The van der Waals surface area contributed by atoms with Crippen molar-refractivity contribution in [2.24, 2.45) is 0 Å². The minimum atomic E-state index is -0.289. The van der Waals surface area contributed by atoms with Gasteiger partial charge in [-0.15, -0.1) is 0 Å². The number of nitrogens with one attached hydrogen (secondary N) is 1. The maximum atomic E-state index is 13.4. The zero-order chi connectivity index (χ0) is 14.4. The second kappa shape index (κ2) is 6.52. The van der Waals surface area contributed by atoms with E-state index in [2.05, 4.69) is 11.9 Å². The van der Waals surface area contributed by atoms with E-state index in [1.807, 2.05) is 0 Å². The summed E-state index contributed by atoms with van der Waals surface area (Å²) in [5.41, 5.74) is 1.14. The molecule has 20 heavy (non-hydrogen) atoms. The lowest BCUT2D eigenvalue weighted by Crippen LogP contribution is -2.07. The number of benzene rings is 2. The fourth-order valence-corrected chi connectivity index (χ4v) is 1.60. The van der Waals surface area contributed by atoms with Gasteiger partial charge in [-0.05, 0) is 36.4 Å². The highest BCUT2D eigenvalue weighted by molar-refractivity contribution is 5.98. The number of ether oxygens (including phenoxy) is 1. The molecule has 0 aromatic heterocycles. The van der Waals surface area contributed by atoms with Crippen LogP contribution in [0.25, 0.3) is 0 Å². The Morgan fingerprint density at radius 2 is 1.90 bits per heavy atom. The van der Waals surface area contributed by atoms with Gasteiger partial charge < -0.3 is 10.1 Å². The number of hydrogen-bond acceptors (Lipinski definition) is 2. The average Bonchev–Trinajstić information content (AvgIpc) is 2.48. The fraction of sp³-hybridized carbons (Fsp3) is 0.0625. The molecule has 3 nitrogen and oxygen atoms in total. The molecule has 0 unspecified atom stereocenters. The topological polar surface area (TPSA) is 38.3 Å². The van der Waals surface area contributed by atoms with Crippen molar-refractivity contribution in [3.8, 4) is 5.75 Å². The number of hydrogen-bond donors (Lipinski definition) is 1. The van der Waals surface area contributed by atoms with Gasteiger partial charge in [0.1, 0.15) is 18.2 Å². The molecule has 0 atom stereocenters. The number of carbonyl (C=O) groups excluding carboxylic acids is 1. The summed E-state index contributed by atoms with van der Waals surface area (Å²) in [7, 11) is 0. The van der Waals surface area contributed by atoms with Crippen molar-refractivity contribution in [1.29, 1.82) is 0 Å². The standard InChI is InChI=1S/C16H14FNO2/c1-2-16(19)18-13-7-9-14(10-8-13)20-11-12-5-3-4-6-15(12)17/h2-10H,1,11H2,(H,18,19). The Labute approximate surface area is 116 Å². The van der Waals surface area contributed by atoms with Crippen LogP contribution in [0.1, 0.15) is 5.56 Å². The maximum absolute atomic E-state index is 13.4. The zero-order valence-corrected chi connectivity index (χ0v) is 10.8. The molecule has 0 saturated heterocycles. The summed E-state index contributed by atoms with van der Waals surface area (Å²) in [4.78, 5) is 11.1. The molecule has 0 aliphatic carbocycles. The Morgan fingerprint density at radius 3 is 2.55 bits per heavy atom. The third kappa shape index (κ3) is 3.68. The van der Waals surface area contributed by atoms with Gasteiger partial charge in [-0.3, -0.25) is 4.79 Å². The van der Waals surface area contributed by atoms with Crippen molar-refractivity contribution in [3.63, 3.8) is 0 Å². The lowest BCUT2D eigenvalue weighted by atomic mass is 10.2. The summed E-state index contributed by atoms with van der Waals surface area (Å²) >= 11 is 0. The second-order valence-corrected chi connectivity index (χ2v) is 4.10. The Hall–Kier alpha value is -2.62. The van der Waals surface area contributed by atoms with Crippen molar-refractivity contribution in [2.75, 3.05) is 5.32 Å². The summed E-state index contributed by atoms with van der Waals surface area (Å²) in [6.07, 6.45) is 1.20. The number of amides is 1. The van der Waals surface area contributed by atoms with Crippen molar-refractivity contribution in [3.05, 3.63) is 72.6 Å². The third-order valence-corrected chi connectivity index (χ3v) is 2.66. The predicted octanol–water partition coefficient (Wildman–Crippen LogP) is 3.53. The van der Waals surface area contributed by atoms with Crippen LogP contribution in [0.5, 0.6) is 5.75 Å². The van der Waals surface area contributed by atoms with Crippen LogP contribution in [0.2, 0.25) is 0 Å². The number of halogens is 1. The first-order chi connectivity index (χ1) is 9.69. The van der Waals surface area contributed by atoms with E-state index in [1.54, 1.807) is 42.5 Å². The number of carbonyl (C=O) groups is 1. The van der Waals surface area contributed by atoms with Crippen LogP contribution < -0.4 is 10.1 Å². The molecule has 102 valence electrons. The van der Waals surface area contributed by atoms with Crippen molar-refractivity contribution in [1.82, 2.24) is 0 Å². The molecule has 0 radical (unpaired) electrons. The molecule has 2 rings (SSSR count). The summed E-state index contributed by atoms with van der Waals surface area (Å²) in [5, 5.41) is 2.63. The summed E-state index contributed by atoms with van der Waals surface area (Å²) in [5.74, 6) is 0.0391. The molecular weight excluding hydrogens is 257 g/mol. The molecule has 0 fully saturated rings. The minimum absolute atomic E-state index is 0.158. The lowest BCUT2D eigenvalue weighted by molar-refractivity contribution is -0.111. The first-order valence-electron chi connectivity index (χ1n) is 6.09. The summed E-state index contributed by atoms with van der Waals surface area (Å²) < 4.78 is 18.9. The zero-order valence-electron chi connectivity index (χ0n) is 10.8. The minimum Gasteiger partial charge on any atom is -0.489 e. The highest BCUT2D eigenvalue weighted by Crippen LogP contribution is 2.17. The molecular formula is C16H14FNO2. The third-order valence-electron chi connectivity index (χ3n) is 2.66. The average molecular weight is 271 g/mol. The molecule has 2 aromatic carbocycles.